The van der Waals surface area contributed by atoms with Gasteiger partial charge in [-0.25, -0.2) is 0 Å². The summed E-state index contributed by atoms with van der Waals surface area (Å²) in [5.41, 5.74) is 0.237. The van der Waals surface area contributed by atoms with E-state index < -0.39 is 17.4 Å². The molecule has 7 nitrogen and oxygen atoms in total. The van der Waals surface area contributed by atoms with Crippen LogP contribution >= 0.6 is 0 Å². The highest BCUT2D eigenvalue weighted by Crippen LogP contribution is 2.42. The van der Waals surface area contributed by atoms with Crippen molar-refractivity contribution in [2.24, 2.45) is 5.41 Å². The number of hydrogen-bond donors (Lipinski definition) is 2. The van der Waals surface area contributed by atoms with Gasteiger partial charge in [0.1, 0.15) is 0 Å². The lowest BCUT2D eigenvalue weighted by Crippen LogP contribution is -2.64. The van der Waals surface area contributed by atoms with Crippen LogP contribution in [0.4, 0.5) is 0 Å². The van der Waals surface area contributed by atoms with Gasteiger partial charge in [-0.3, -0.25) is 24.4 Å². The van der Waals surface area contributed by atoms with Crippen LogP contribution in [0.1, 0.15) is 24.8 Å². The molecule has 3 heterocycles. The fourth-order valence-corrected chi connectivity index (χ4v) is 4.26. The number of carbonyl (C=O) groups is 2. The second kappa shape index (κ2) is 6.86. The topological polar surface area (TPSA) is 94.0 Å². The first-order chi connectivity index (χ1) is 11.5. The number of carboxylic acid groups (broad SMARTS) is 2. The zero-order valence-electron chi connectivity index (χ0n) is 13.6. The molecule has 0 bridgehead atoms. The van der Waals surface area contributed by atoms with Gasteiger partial charge in [-0.1, -0.05) is 0 Å². The second-order valence-electron chi connectivity index (χ2n) is 6.80. The van der Waals surface area contributed by atoms with Gasteiger partial charge in [0.25, 0.3) is 0 Å². The highest BCUT2D eigenvalue weighted by atomic mass is 16.4. The van der Waals surface area contributed by atoms with Gasteiger partial charge < -0.3 is 10.2 Å². The monoisotopic (exact) mass is 333 g/mol. The number of carboxylic acids is 2. The molecule has 1 aromatic heterocycles. The van der Waals surface area contributed by atoms with E-state index in [4.69, 9.17) is 5.11 Å². The Kier molecular flexibility index (Phi) is 4.82. The number of fused-ring (bicyclic) bond motifs is 1. The average molecular weight is 333 g/mol. The first-order valence-corrected chi connectivity index (χ1v) is 8.32. The summed E-state index contributed by atoms with van der Waals surface area (Å²) >= 11 is 0. The van der Waals surface area contributed by atoms with Crippen LogP contribution in [0.2, 0.25) is 0 Å². The van der Waals surface area contributed by atoms with E-state index in [1.165, 1.54) is 0 Å². The van der Waals surface area contributed by atoms with Crippen molar-refractivity contribution in [3.8, 4) is 0 Å². The van der Waals surface area contributed by atoms with Crippen molar-refractivity contribution in [1.82, 2.24) is 14.8 Å². The molecule has 130 valence electrons. The predicted molar refractivity (Wildman–Crippen MR) is 86.4 cm³/mol. The Bertz CT molecular complexity index is 609. The number of hydrogen-bond acceptors (Lipinski definition) is 5. The summed E-state index contributed by atoms with van der Waals surface area (Å²) < 4.78 is 0. The van der Waals surface area contributed by atoms with E-state index in [1.54, 1.807) is 12.4 Å². The molecule has 2 saturated heterocycles. The zero-order chi connectivity index (χ0) is 17.2. The average Bonchev–Trinajstić information content (AvgIpc) is 2.55. The summed E-state index contributed by atoms with van der Waals surface area (Å²) in [5, 5.41) is 19.1. The van der Waals surface area contributed by atoms with Gasteiger partial charge in [0, 0.05) is 38.1 Å². The van der Waals surface area contributed by atoms with Gasteiger partial charge in [-0.15, -0.1) is 0 Å². The van der Waals surface area contributed by atoms with Crippen molar-refractivity contribution in [2.45, 2.75) is 31.8 Å². The van der Waals surface area contributed by atoms with Gasteiger partial charge in [-0.2, -0.15) is 0 Å². The minimum absolute atomic E-state index is 0.0793. The lowest BCUT2D eigenvalue weighted by Gasteiger charge is -2.52. The second-order valence-corrected chi connectivity index (χ2v) is 6.80. The van der Waals surface area contributed by atoms with Crippen LogP contribution in [0.3, 0.4) is 0 Å². The quantitative estimate of drug-likeness (QED) is 0.827. The van der Waals surface area contributed by atoms with E-state index in [0.29, 0.717) is 32.5 Å². The van der Waals surface area contributed by atoms with Gasteiger partial charge in [0.15, 0.2) is 0 Å². The summed E-state index contributed by atoms with van der Waals surface area (Å²) in [6, 6.07) is 3.68. The van der Waals surface area contributed by atoms with Crippen LogP contribution in [0.15, 0.2) is 24.5 Å². The largest absolute Gasteiger partial charge is 0.481 e. The molecule has 0 aliphatic carbocycles. The molecule has 2 fully saturated rings. The molecule has 0 radical (unpaired) electrons. The van der Waals surface area contributed by atoms with Crippen LogP contribution < -0.4 is 0 Å². The molecule has 2 unspecified atom stereocenters. The molecule has 0 aromatic carbocycles. The molecular formula is C17H23N3O4. The molecule has 2 N–H and O–H groups in total. The molecule has 1 aromatic rings. The number of nitrogens with zero attached hydrogens (tertiary/aromatic N) is 3. The summed E-state index contributed by atoms with van der Waals surface area (Å²) in [7, 11) is 0. The van der Waals surface area contributed by atoms with Crippen molar-refractivity contribution in [3.63, 3.8) is 0 Å². The molecule has 2 aliphatic heterocycles. The normalized spacial score (nSPS) is 28.2. The van der Waals surface area contributed by atoms with E-state index in [0.717, 1.165) is 18.5 Å². The SMILES string of the molecule is O=C(O)CN1CCCC2(C(=O)O)CN(Cc3ccncc3)CCC12. The summed E-state index contributed by atoms with van der Waals surface area (Å²) in [6.07, 6.45) is 5.49. The fourth-order valence-electron chi connectivity index (χ4n) is 4.26. The van der Waals surface area contributed by atoms with Crippen LogP contribution in [-0.4, -0.2) is 69.2 Å². The maximum atomic E-state index is 12.1. The Morgan fingerprint density at radius 2 is 2.00 bits per heavy atom. The lowest BCUT2D eigenvalue weighted by atomic mass is 9.69. The van der Waals surface area contributed by atoms with Gasteiger partial charge in [0.05, 0.1) is 12.0 Å². The summed E-state index contributed by atoms with van der Waals surface area (Å²) in [6.45, 7) is 2.52. The highest BCUT2D eigenvalue weighted by molar-refractivity contribution is 5.77. The van der Waals surface area contributed by atoms with E-state index in [-0.39, 0.29) is 12.6 Å². The Morgan fingerprint density at radius 3 is 2.67 bits per heavy atom. The van der Waals surface area contributed by atoms with Crippen LogP contribution in [-0.2, 0) is 16.1 Å². The maximum Gasteiger partial charge on any atom is 0.317 e. The molecule has 0 saturated carbocycles. The number of rotatable bonds is 5. The third-order valence-corrected chi connectivity index (χ3v) is 5.29. The smallest absolute Gasteiger partial charge is 0.317 e. The third kappa shape index (κ3) is 3.27. The molecule has 0 spiro atoms. The number of likely N-dealkylation sites (tertiary alicyclic amines) is 2. The summed E-state index contributed by atoms with van der Waals surface area (Å²) in [5.74, 6) is -1.70. The standard InChI is InChI=1S/C17H23N3O4/c21-15(22)11-20-8-1-5-17(16(23)24)12-19(9-4-14(17)20)10-13-2-6-18-7-3-13/h2-3,6-7,14H,1,4-5,8-12H2,(H,21,22)(H,23,24). The first-order valence-electron chi connectivity index (χ1n) is 8.32. The van der Waals surface area contributed by atoms with E-state index >= 15 is 0 Å². The lowest BCUT2D eigenvalue weighted by molar-refractivity contribution is -0.166. The van der Waals surface area contributed by atoms with Crippen molar-refractivity contribution >= 4 is 11.9 Å². The Balaban J connectivity index is 1.78. The molecule has 24 heavy (non-hydrogen) atoms. The van der Waals surface area contributed by atoms with Crippen molar-refractivity contribution in [3.05, 3.63) is 30.1 Å². The van der Waals surface area contributed by atoms with E-state index in [9.17, 15) is 14.7 Å². The van der Waals surface area contributed by atoms with Gasteiger partial charge in [-0.05, 0) is 43.5 Å². The number of aliphatic carboxylic acids is 2. The van der Waals surface area contributed by atoms with Crippen LogP contribution in [0.5, 0.6) is 0 Å². The number of pyridine rings is 1. The first kappa shape index (κ1) is 16.9. The van der Waals surface area contributed by atoms with Crippen LogP contribution in [0, 0.1) is 5.41 Å². The maximum absolute atomic E-state index is 12.1. The Labute approximate surface area is 140 Å². The molecule has 0 amide bonds. The van der Waals surface area contributed by atoms with E-state index in [1.807, 2.05) is 17.0 Å². The minimum atomic E-state index is -0.893. The molecular weight excluding hydrogens is 310 g/mol. The molecule has 2 atom stereocenters. The van der Waals surface area contributed by atoms with Crippen molar-refractivity contribution < 1.29 is 19.8 Å². The van der Waals surface area contributed by atoms with Crippen molar-refractivity contribution in [1.29, 1.82) is 0 Å². The van der Waals surface area contributed by atoms with Gasteiger partial charge in [0.2, 0.25) is 0 Å². The third-order valence-electron chi connectivity index (χ3n) is 5.29. The number of piperidine rings is 2. The molecule has 7 heteroatoms. The predicted octanol–water partition coefficient (Wildman–Crippen LogP) is 0.907. The minimum Gasteiger partial charge on any atom is -0.481 e. The molecule has 3 rings (SSSR count). The van der Waals surface area contributed by atoms with E-state index in [2.05, 4.69) is 9.88 Å². The van der Waals surface area contributed by atoms with Gasteiger partial charge >= 0.3 is 11.9 Å². The Hall–Kier alpha value is -1.99. The zero-order valence-corrected chi connectivity index (χ0v) is 13.6. The Morgan fingerprint density at radius 1 is 1.25 bits per heavy atom. The number of aromatic nitrogens is 1. The fraction of sp³-hybridized carbons (Fsp3) is 0.588. The highest BCUT2D eigenvalue weighted by Gasteiger charge is 2.53. The summed E-state index contributed by atoms with van der Waals surface area (Å²) in [4.78, 5) is 31.3. The van der Waals surface area contributed by atoms with Crippen molar-refractivity contribution in [2.75, 3.05) is 26.2 Å². The molecule has 2 aliphatic rings. The van der Waals surface area contributed by atoms with Crippen LogP contribution in [0.25, 0.3) is 0 Å².